The lowest BCUT2D eigenvalue weighted by molar-refractivity contribution is -0.125. The molecule has 4 rings (SSSR count). The third kappa shape index (κ3) is 4.25. The number of thioether (sulfide) groups is 1. The fraction of sp³-hybridized carbons (Fsp3) is 0.304. The van der Waals surface area contributed by atoms with Gasteiger partial charge in [0.25, 0.3) is 5.91 Å². The summed E-state index contributed by atoms with van der Waals surface area (Å²) >= 11 is 7.31. The summed E-state index contributed by atoms with van der Waals surface area (Å²) in [5, 5.41) is 3.51. The van der Waals surface area contributed by atoms with Gasteiger partial charge < -0.3 is 5.32 Å². The Labute approximate surface area is 190 Å². The molecule has 0 unspecified atom stereocenters. The number of rotatable bonds is 5. The molecule has 2 heterocycles. The summed E-state index contributed by atoms with van der Waals surface area (Å²) in [6.07, 6.45) is 0.569. The molecule has 160 valence electrons. The SMILES string of the molecule is CC[C@@H](SC1=Nc2ccccc2C2=N[C@@H](C(C)C)C(=O)N12)C(=O)Nc1cccc(Cl)c1. The number of nitrogens with one attached hydrogen (secondary N) is 1. The molecule has 6 nitrogen and oxygen atoms in total. The van der Waals surface area contributed by atoms with Crippen molar-refractivity contribution in [2.24, 2.45) is 15.9 Å². The van der Waals surface area contributed by atoms with Crippen molar-refractivity contribution >= 4 is 57.6 Å². The summed E-state index contributed by atoms with van der Waals surface area (Å²) < 4.78 is 0. The molecular weight excluding hydrogens is 432 g/mol. The zero-order chi connectivity index (χ0) is 22.1. The average Bonchev–Trinajstić information content (AvgIpc) is 3.10. The molecular formula is C23H23ClN4O2S. The number of nitrogens with zero attached hydrogens (tertiary/aromatic N) is 3. The molecule has 0 radical (unpaired) electrons. The smallest absolute Gasteiger partial charge is 0.259 e. The summed E-state index contributed by atoms with van der Waals surface area (Å²) in [5.74, 6) is 0.414. The Morgan fingerprint density at radius 1 is 1.23 bits per heavy atom. The molecule has 0 spiro atoms. The van der Waals surface area contributed by atoms with Crippen LogP contribution in [0.25, 0.3) is 0 Å². The highest BCUT2D eigenvalue weighted by Crippen LogP contribution is 2.36. The standard InChI is InChI=1S/C23H23ClN4O2S/c1-4-18(21(29)25-15-9-7-8-14(24)12-15)31-23-26-17-11-6-5-10-16(17)20-27-19(13(2)3)22(30)28(20)23/h5-13,18-19H,4H2,1-3H3,(H,25,29)/t18-,19+/m1/s1. The summed E-state index contributed by atoms with van der Waals surface area (Å²) in [4.78, 5) is 37.2. The first-order chi connectivity index (χ1) is 14.9. The summed E-state index contributed by atoms with van der Waals surface area (Å²) in [6, 6.07) is 14.2. The molecule has 2 aromatic rings. The van der Waals surface area contributed by atoms with E-state index in [0.717, 1.165) is 11.3 Å². The number of halogens is 1. The number of aliphatic imine (C=N–C) groups is 2. The van der Waals surface area contributed by atoms with Crippen molar-refractivity contribution in [2.75, 3.05) is 5.32 Å². The van der Waals surface area contributed by atoms with Crippen molar-refractivity contribution < 1.29 is 9.59 Å². The Hall–Kier alpha value is -2.64. The number of anilines is 1. The molecule has 0 bridgehead atoms. The van der Waals surface area contributed by atoms with E-state index in [1.165, 1.54) is 11.8 Å². The number of hydrogen-bond acceptors (Lipinski definition) is 5. The molecule has 2 atom stereocenters. The maximum Gasteiger partial charge on any atom is 0.259 e. The average molecular weight is 455 g/mol. The van der Waals surface area contributed by atoms with Gasteiger partial charge in [-0.1, -0.05) is 62.3 Å². The fourth-order valence-corrected chi connectivity index (χ4v) is 4.73. The zero-order valence-electron chi connectivity index (χ0n) is 17.5. The van der Waals surface area contributed by atoms with E-state index < -0.39 is 11.3 Å². The lowest BCUT2D eigenvalue weighted by Crippen LogP contribution is -2.43. The minimum atomic E-state index is -0.452. The highest BCUT2D eigenvalue weighted by molar-refractivity contribution is 8.15. The highest BCUT2D eigenvalue weighted by atomic mass is 35.5. The van der Waals surface area contributed by atoms with Gasteiger partial charge in [-0.25, -0.2) is 9.89 Å². The lowest BCUT2D eigenvalue weighted by atomic mass is 10.1. The van der Waals surface area contributed by atoms with Crippen LogP contribution in [0, 0.1) is 5.92 Å². The maximum atomic E-state index is 13.2. The summed E-state index contributed by atoms with van der Waals surface area (Å²) in [6.45, 7) is 5.90. The molecule has 1 N–H and O–H groups in total. The normalized spacial score (nSPS) is 18.3. The van der Waals surface area contributed by atoms with E-state index in [2.05, 4.69) is 5.32 Å². The third-order valence-electron chi connectivity index (χ3n) is 5.13. The van der Waals surface area contributed by atoms with Gasteiger partial charge in [-0.05, 0) is 42.7 Å². The van der Waals surface area contributed by atoms with Crippen molar-refractivity contribution in [3.8, 4) is 0 Å². The van der Waals surface area contributed by atoms with Gasteiger partial charge in [-0.15, -0.1) is 0 Å². The first-order valence-electron chi connectivity index (χ1n) is 10.2. The molecule has 0 aliphatic carbocycles. The van der Waals surface area contributed by atoms with Crippen LogP contribution in [-0.2, 0) is 9.59 Å². The number of fused-ring (bicyclic) bond motifs is 3. The van der Waals surface area contributed by atoms with Crippen molar-refractivity contribution in [2.45, 2.75) is 38.5 Å². The van der Waals surface area contributed by atoms with Gasteiger partial charge in [0.2, 0.25) is 5.91 Å². The van der Waals surface area contributed by atoms with Crippen molar-refractivity contribution in [1.29, 1.82) is 0 Å². The van der Waals surface area contributed by atoms with Gasteiger partial charge in [0.1, 0.15) is 11.9 Å². The van der Waals surface area contributed by atoms with E-state index in [-0.39, 0.29) is 17.7 Å². The quantitative estimate of drug-likeness (QED) is 0.682. The Morgan fingerprint density at radius 2 is 2.00 bits per heavy atom. The van der Waals surface area contributed by atoms with E-state index in [0.29, 0.717) is 28.1 Å². The molecule has 2 aromatic carbocycles. The number of para-hydroxylation sites is 1. The Morgan fingerprint density at radius 3 is 2.71 bits per heavy atom. The Balaban J connectivity index is 1.63. The lowest BCUT2D eigenvalue weighted by Gasteiger charge is -2.27. The second-order valence-electron chi connectivity index (χ2n) is 7.74. The van der Waals surface area contributed by atoms with Crippen LogP contribution in [0.1, 0.15) is 32.8 Å². The van der Waals surface area contributed by atoms with Crippen LogP contribution in [-0.4, -0.2) is 39.0 Å². The van der Waals surface area contributed by atoms with Gasteiger partial charge in [-0.3, -0.25) is 14.6 Å². The van der Waals surface area contributed by atoms with Gasteiger partial charge in [0, 0.05) is 16.3 Å². The number of carbonyl (C=O) groups is 2. The van der Waals surface area contributed by atoms with E-state index in [1.54, 1.807) is 29.2 Å². The van der Waals surface area contributed by atoms with E-state index in [9.17, 15) is 9.59 Å². The maximum absolute atomic E-state index is 13.2. The van der Waals surface area contributed by atoms with Crippen LogP contribution in [0.15, 0.2) is 58.5 Å². The molecule has 0 aromatic heterocycles. The predicted molar refractivity (Wildman–Crippen MR) is 127 cm³/mol. The molecule has 2 amide bonds. The van der Waals surface area contributed by atoms with Gasteiger partial charge >= 0.3 is 0 Å². The van der Waals surface area contributed by atoms with Crippen LogP contribution in [0.5, 0.6) is 0 Å². The van der Waals surface area contributed by atoms with Crippen molar-refractivity contribution in [3.63, 3.8) is 0 Å². The third-order valence-corrected chi connectivity index (χ3v) is 6.69. The van der Waals surface area contributed by atoms with Gasteiger partial charge in [0.05, 0.1) is 10.9 Å². The number of amides is 2. The Bertz CT molecular complexity index is 1100. The van der Waals surface area contributed by atoms with Crippen LogP contribution in [0.2, 0.25) is 5.02 Å². The predicted octanol–water partition coefficient (Wildman–Crippen LogP) is 5.11. The summed E-state index contributed by atoms with van der Waals surface area (Å²) in [7, 11) is 0. The molecule has 2 aliphatic heterocycles. The molecule has 0 saturated carbocycles. The van der Waals surface area contributed by atoms with Gasteiger partial charge in [0.15, 0.2) is 5.17 Å². The van der Waals surface area contributed by atoms with E-state index in [4.69, 9.17) is 21.6 Å². The molecule has 0 saturated heterocycles. The van der Waals surface area contributed by atoms with Crippen LogP contribution >= 0.6 is 23.4 Å². The second kappa shape index (κ2) is 8.85. The van der Waals surface area contributed by atoms with Gasteiger partial charge in [-0.2, -0.15) is 0 Å². The second-order valence-corrected chi connectivity index (χ2v) is 9.35. The van der Waals surface area contributed by atoms with Crippen molar-refractivity contribution in [1.82, 2.24) is 4.90 Å². The minimum absolute atomic E-state index is 0.0668. The first kappa shape index (κ1) is 21.6. The van der Waals surface area contributed by atoms with Crippen LogP contribution in [0.4, 0.5) is 11.4 Å². The number of carbonyl (C=O) groups excluding carboxylic acids is 2. The topological polar surface area (TPSA) is 74.1 Å². The first-order valence-corrected chi connectivity index (χ1v) is 11.5. The number of amidine groups is 2. The molecule has 31 heavy (non-hydrogen) atoms. The largest absolute Gasteiger partial charge is 0.325 e. The number of benzene rings is 2. The van der Waals surface area contributed by atoms with Crippen LogP contribution < -0.4 is 5.32 Å². The number of hydrogen-bond donors (Lipinski definition) is 1. The Kier molecular flexibility index (Phi) is 6.16. The summed E-state index contributed by atoms with van der Waals surface area (Å²) in [5.41, 5.74) is 2.22. The molecule has 8 heteroatoms. The van der Waals surface area contributed by atoms with Crippen molar-refractivity contribution in [3.05, 3.63) is 59.1 Å². The highest BCUT2D eigenvalue weighted by Gasteiger charge is 2.43. The minimum Gasteiger partial charge on any atom is -0.325 e. The molecule has 0 fully saturated rings. The monoisotopic (exact) mass is 454 g/mol. The van der Waals surface area contributed by atoms with E-state index in [1.807, 2.05) is 45.0 Å². The fourth-order valence-electron chi connectivity index (χ4n) is 3.52. The van der Waals surface area contributed by atoms with Crippen LogP contribution in [0.3, 0.4) is 0 Å². The van der Waals surface area contributed by atoms with E-state index >= 15 is 0 Å². The zero-order valence-corrected chi connectivity index (χ0v) is 19.1. The molecule has 2 aliphatic rings.